The Morgan fingerprint density at radius 3 is 2.94 bits per heavy atom. The molecule has 2 heteroatoms. The molecular weight excluding hydrogens is 210 g/mol. The van der Waals surface area contributed by atoms with E-state index in [-0.39, 0.29) is 5.56 Å². The number of fused-ring (bicyclic) bond motifs is 1. The summed E-state index contributed by atoms with van der Waals surface area (Å²) in [6.45, 7) is 4.25. The molecule has 0 atom stereocenters. The second-order valence-electron chi connectivity index (χ2n) is 3.95. The summed E-state index contributed by atoms with van der Waals surface area (Å²) in [6, 6.07) is 9.66. The van der Waals surface area contributed by atoms with Crippen molar-refractivity contribution in [3.8, 4) is 0 Å². The Labute approximate surface area is 101 Å². The van der Waals surface area contributed by atoms with E-state index in [9.17, 15) is 4.79 Å². The Morgan fingerprint density at radius 1 is 1.29 bits per heavy atom. The maximum absolute atomic E-state index is 12.1. The average Bonchev–Trinajstić information content (AvgIpc) is 2.37. The molecule has 2 rings (SSSR count). The molecule has 17 heavy (non-hydrogen) atoms. The first-order valence-electron chi connectivity index (χ1n) is 5.75. The monoisotopic (exact) mass is 225 g/mol. The number of hydrogen-bond donors (Lipinski definition) is 0. The normalized spacial score (nSPS) is 10.1. The fourth-order valence-electron chi connectivity index (χ4n) is 1.87. The van der Waals surface area contributed by atoms with Crippen LogP contribution in [0.5, 0.6) is 0 Å². The van der Waals surface area contributed by atoms with Crippen LogP contribution in [0.4, 0.5) is 0 Å². The largest absolute Gasteiger partial charge is 0.315 e. The third kappa shape index (κ3) is 2.55. The molecule has 0 aliphatic carbocycles. The van der Waals surface area contributed by atoms with Gasteiger partial charge >= 0.3 is 0 Å². The summed E-state index contributed by atoms with van der Waals surface area (Å²) in [5.74, 6) is 0. The zero-order chi connectivity index (χ0) is 12.1. The van der Waals surface area contributed by atoms with Gasteiger partial charge in [-0.15, -0.1) is 5.73 Å². The number of rotatable bonds is 4. The topological polar surface area (TPSA) is 22.0 Å². The van der Waals surface area contributed by atoms with Crippen LogP contribution in [-0.4, -0.2) is 4.57 Å². The van der Waals surface area contributed by atoms with Crippen LogP contribution < -0.4 is 5.56 Å². The molecular formula is C15H15NO. The Hall–Kier alpha value is -2.05. The standard InChI is InChI=1S/C15H15NO/c1-2-3-4-7-11-16-12-10-13-8-5-6-9-14(13)15(16)17/h3,5-6,8-10,12H,1,4,7,11H2. The number of unbranched alkanes of at least 4 members (excludes halogenated alkanes) is 1. The molecule has 1 aromatic heterocycles. The van der Waals surface area contributed by atoms with Crippen molar-refractivity contribution >= 4 is 10.8 Å². The number of benzene rings is 1. The lowest BCUT2D eigenvalue weighted by Gasteiger charge is -2.05. The van der Waals surface area contributed by atoms with Crippen LogP contribution in [0.1, 0.15) is 12.8 Å². The minimum Gasteiger partial charge on any atom is -0.315 e. The van der Waals surface area contributed by atoms with E-state index in [1.165, 1.54) is 0 Å². The van der Waals surface area contributed by atoms with Crippen LogP contribution >= 0.6 is 0 Å². The van der Waals surface area contributed by atoms with Crippen molar-refractivity contribution in [2.24, 2.45) is 0 Å². The van der Waals surface area contributed by atoms with Gasteiger partial charge in [0.25, 0.3) is 5.56 Å². The number of hydrogen-bond acceptors (Lipinski definition) is 1. The van der Waals surface area contributed by atoms with Gasteiger partial charge in [0.1, 0.15) is 0 Å². The van der Waals surface area contributed by atoms with Crippen molar-refractivity contribution in [3.63, 3.8) is 0 Å². The zero-order valence-electron chi connectivity index (χ0n) is 9.73. The number of nitrogens with zero attached hydrogens (tertiary/aromatic N) is 1. The summed E-state index contributed by atoms with van der Waals surface area (Å²) in [7, 11) is 0. The van der Waals surface area contributed by atoms with Crippen molar-refractivity contribution < 1.29 is 0 Å². The van der Waals surface area contributed by atoms with Gasteiger partial charge in [0, 0.05) is 18.1 Å². The van der Waals surface area contributed by atoms with Gasteiger partial charge in [-0.2, -0.15) is 0 Å². The maximum Gasteiger partial charge on any atom is 0.258 e. The molecule has 0 aliphatic rings. The lowest BCUT2D eigenvalue weighted by atomic mass is 10.2. The summed E-state index contributed by atoms with van der Waals surface area (Å²) in [5.41, 5.74) is 2.82. The zero-order valence-corrected chi connectivity index (χ0v) is 9.73. The van der Waals surface area contributed by atoms with E-state index in [2.05, 4.69) is 12.3 Å². The first kappa shape index (κ1) is 11.4. The minimum absolute atomic E-state index is 0.0886. The summed E-state index contributed by atoms with van der Waals surface area (Å²) < 4.78 is 1.76. The van der Waals surface area contributed by atoms with E-state index in [0.717, 1.165) is 30.2 Å². The number of aromatic nitrogens is 1. The molecule has 0 aliphatic heterocycles. The van der Waals surface area contributed by atoms with Gasteiger partial charge in [-0.25, -0.2) is 0 Å². The molecule has 0 bridgehead atoms. The summed E-state index contributed by atoms with van der Waals surface area (Å²) >= 11 is 0. The average molecular weight is 225 g/mol. The second kappa shape index (κ2) is 5.33. The highest BCUT2D eigenvalue weighted by Crippen LogP contribution is 2.08. The fraction of sp³-hybridized carbons (Fsp3) is 0.200. The first-order valence-corrected chi connectivity index (χ1v) is 5.75. The van der Waals surface area contributed by atoms with Crippen LogP contribution in [0, 0.1) is 0 Å². The van der Waals surface area contributed by atoms with E-state index in [0.29, 0.717) is 0 Å². The SMILES string of the molecule is C=C=CCCCn1ccc2ccccc2c1=O. The molecule has 2 aromatic rings. The molecule has 1 heterocycles. The lowest BCUT2D eigenvalue weighted by Crippen LogP contribution is -2.19. The Kier molecular flexibility index (Phi) is 3.59. The molecule has 0 unspecified atom stereocenters. The molecule has 1 aromatic carbocycles. The molecule has 0 fully saturated rings. The molecule has 0 spiro atoms. The molecule has 0 amide bonds. The third-order valence-electron chi connectivity index (χ3n) is 2.78. The van der Waals surface area contributed by atoms with Crippen molar-refractivity contribution in [1.29, 1.82) is 0 Å². The van der Waals surface area contributed by atoms with E-state index in [1.54, 1.807) is 4.57 Å². The molecule has 0 saturated heterocycles. The van der Waals surface area contributed by atoms with Gasteiger partial charge in [-0.05, 0) is 36.4 Å². The summed E-state index contributed by atoms with van der Waals surface area (Å²) in [5, 5.41) is 1.79. The van der Waals surface area contributed by atoms with Gasteiger partial charge < -0.3 is 4.57 Å². The second-order valence-corrected chi connectivity index (χ2v) is 3.95. The van der Waals surface area contributed by atoms with E-state index < -0.39 is 0 Å². The molecule has 0 saturated carbocycles. The van der Waals surface area contributed by atoms with Crippen LogP contribution in [0.15, 0.2) is 59.7 Å². The van der Waals surface area contributed by atoms with Crippen LogP contribution in [0.2, 0.25) is 0 Å². The quantitative estimate of drug-likeness (QED) is 0.579. The number of aryl methyl sites for hydroxylation is 1. The fourth-order valence-corrected chi connectivity index (χ4v) is 1.87. The lowest BCUT2D eigenvalue weighted by molar-refractivity contribution is 0.633. The van der Waals surface area contributed by atoms with Crippen molar-refractivity contribution in [2.45, 2.75) is 19.4 Å². The van der Waals surface area contributed by atoms with Crippen LogP contribution in [0.25, 0.3) is 10.8 Å². The van der Waals surface area contributed by atoms with E-state index in [4.69, 9.17) is 0 Å². The van der Waals surface area contributed by atoms with Gasteiger partial charge in [-0.1, -0.05) is 24.8 Å². The Morgan fingerprint density at radius 2 is 2.12 bits per heavy atom. The third-order valence-corrected chi connectivity index (χ3v) is 2.78. The van der Waals surface area contributed by atoms with Gasteiger partial charge in [0.15, 0.2) is 0 Å². The van der Waals surface area contributed by atoms with E-state index >= 15 is 0 Å². The summed E-state index contributed by atoms with van der Waals surface area (Å²) in [6.07, 6.45) is 5.60. The maximum atomic E-state index is 12.1. The molecule has 86 valence electrons. The predicted molar refractivity (Wildman–Crippen MR) is 71.2 cm³/mol. The van der Waals surface area contributed by atoms with Crippen molar-refractivity contribution in [2.75, 3.05) is 0 Å². The molecule has 0 N–H and O–H groups in total. The van der Waals surface area contributed by atoms with Crippen LogP contribution in [-0.2, 0) is 6.54 Å². The van der Waals surface area contributed by atoms with E-state index in [1.807, 2.05) is 42.6 Å². The number of allylic oxidation sites excluding steroid dienone is 1. The smallest absolute Gasteiger partial charge is 0.258 e. The molecule has 2 nitrogen and oxygen atoms in total. The highest BCUT2D eigenvalue weighted by atomic mass is 16.1. The predicted octanol–water partition coefficient (Wildman–Crippen LogP) is 3.12. The minimum atomic E-state index is 0.0886. The van der Waals surface area contributed by atoms with Crippen molar-refractivity contribution in [1.82, 2.24) is 4.57 Å². The van der Waals surface area contributed by atoms with Crippen LogP contribution in [0.3, 0.4) is 0 Å². The van der Waals surface area contributed by atoms with Gasteiger partial charge in [-0.3, -0.25) is 4.79 Å². The van der Waals surface area contributed by atoms with Gasteiger partial charge in [0.2, 0.25) is 0 Å². The molecule has 0 radical (unpaired) electrons. The van der Waals surface area contributed by atoms with Gasteiger partial charge in [0.05, 0.1) is 0 Å². The first-order chi connectivity index (χ1) is 8.33. The highest BCUT2D eigenvalue weighted by Gasteiger charge is 2.00. The number of pyridine rings is 1. The Balaban J connectivity index is 2.27. The highest BCUT2D eigenvalue weighted by molar-refractivity contribution is 5.81. The van der Waals surface area contributed by atoms with Crippen molar-refractivity contribution in [3.05, 3.63) is 65.3 Å². The Bertz CT molecular complexity index is 618. The summed E-state index contributed by atoms with van der Waals surface area (Å²) in [4.78, 5) is 12.1.